The number of carbonyl (C=O) groups excluding carboxylic acids is 1. The predicted octanol–water partition coefficient (Wildman–Crippen LogP) is 3.52. The van der Waals surface area contributed by atoms with Crippen LogP contribution in [0.5, 0.6) is 5.88 Å². The molecule has 1 amide bonds. The molecule has 3 aromatic rings. The molecular formula is C20H21N3O3. The van der Waals surface area contributed by atoms with Gasteiger partial charge >= 0.3 is 0 Å². The molecule has 0 unspecified atom stereocenters. The van der Waals surface area contributed by atoms with Crippen molar-refractivity contribution in [2.75, 3.05) is 13.1 Å². The van der Waals surface area contributed by atoms with Crippen LogP contribution >= 0.6 is 0 Å². The maximum Gasteiger partial charge on any atom is 0.289 e. The number of benzene rings is 1. The second-order valence-electron chi connectivity index (χ2n) is 6.68. The van der Waals surface area contributed by atoms with E-state index in [4.69, 9.17) is 9.15 Å². The molecule has 1 atom stereocenters. The third-order valence-corrected chi connectivity index (χ3v) is 4.53. The fraction of sp³-hybridized carbons (Fsp3) is 0.350. The van der Waals surface area contributed by atoms with Crippen molar-refractivity contribution in [2.24, 2.45) is 0 Å². The van der Waals surface area contributed by atoms with E-state index in [0.29, 0.717) is 30.6 Å². The normalized spacial score (nSPS) is 17.5. The second-order valence-corrected chi connectivity index (χ2v) is 6.68. The number of aryl methyl sites for hydroxylation is 2. The Morgan fingerprint density at radius 3 is 2.88 bits per heavy atom. The number of hydrogen-bond acceptors (Lipinski definition) is 5. The van der Waals surface area contributed by atoms with Crippen molar-refractivity contribution >= 4 is 16.9 Å². The van der Waals surface area contributed by atoms with Crippen LogP contribution in [0.4, 0.5) is 0 Å². The van der Waals surface area contributed by atoms with E-state index in [1.807, 2.05) is 44.2 Å². The summed E-state index contributed by atoms with van der Waals surface area (Å²) in [4.78, 5) is 23.2. The summed E-state index contributed by atoms with van der Waals surface area (Å²) in [6.07, 6.45) is 1.71. The first kappa shape index (κ1) is 16.6. The quantitative estimate of drug-likeness (QED) is 0.722. The number of hydrogen-bond donors (Lipinski definition) is 0. The Balaban J connectivity index is 1.48. The SMILES string of the molecule is Cc1cc(O[C@@H]2CCCN(C(=O)c3cc4ccccc4o3)C2)nc(C)n1. The van der Waals surface area contributed by atoms with Crippen molar-refractivity contribution in [3.63, 3.8) is 0 Å². The van der Waals surface area contributed by atoms with Gasteiger partial charge in [0.2, 0.25) is 5.88 Å². The monoisotopic (exact) mass is 351 g/mol. The maximum absolute atomic E-state index is 12.8. The van der Waals surface area contributed by atoms with Crippen molar-refractivity contribution in [1.29, 1.82) is 0 Å². The molecule has 6 heteroatoms. The molecule has 1 aromatic carbocycles. The van der Waals surface area contributed by atoms with Crippen LogP contribution in [0.2, 0.25) is 0 Å². The molecular weight excluding hydrogens is 330 g/mol. The fourth-order valence-corrected chi connectivity index (χ4v) is 3.38. The molecule has 0 saturated carbocycles. The second kappa shape index (κ2) is 6.78. The number of fused-ring (bicyclic) bond motifs is 1. The number of rotatable bonds is 3. The highest BCUT2D eigenvalue weighted by Crippen LogP contribution is 2.23. The Morgan fingerprint density at radius 2 is 2.08 bits per heavy atom. The lowest BCUT2D eigenvalue weighted by Crippen LogP contribution is -2.44. The molecule has 26 heavy (non-hydrogen) atoms. The van der Waals surface area contributed by atoms with Crippen molar-refractivity contribution in [3.8, 4) is 5.88 Å². The van der Waals surface area contributed by atoms with Gasteiger partial charge in [-0.2, -0.15) is 4.98 Å². The molecule has 134 valence electrons. The van der Waals surface area contributed by atoms with Gasteiger partial charge in [-0.05, 0) is 38.8 Å². The van der Waals surface area contributed by atoms with Gasteiger partial charge in [0.15, 0.2) is 5.76 Å². The molecule has 1 fully saturated rings. The summed E-state index contributed by atoms with van der Waals surface area (Å²) in [6, 6.07) is 11.3. The van der Waals surface area contributed by atoms with Gasteiger partial charge in [-0.25, -0.2) is 4.98 Å². The zero-order chi connectivity index (χ0) is 18.1. The summed E-state index contributed by atoms with van der Waals surface area (Å²) in [5, 5.41) is 0.938. The average molecular weight is 351 g/mol. The number of carbonyl (C=O) groups is 1. The van der Waals surface area contributed by atoms with Gasteiger partial charge in [-0.1, -0.05) is 18.2 Å². The van der Waals surface area contributed by atoms with Gasteiger partial charge in [0.25, 0.3) is 5.91 Å². The van der Waals surface area contributed by atoms with E-state index in [9.17, 15) is 4.79 Å². The van der Waals surface area contributed by atoms with Gasteiger partial charge in [0, 0.05) is 23.7 Å². The maximum atomic E-state index is 12.8. The summed E-state index contributed by atoms with van der Waals surface area (Å²) in [7, 11) is 0. The molecule has 0 N–H and O–H groups in total. The Hall–Kier alpha value is -2.89. The third-order valence-electron chi connectivity index (χ3n) is 4.53. The Bertz CT molecular complexity index is 897. The van der Waals surface area contributed by atoms with E-state index < -0.39 is 0 Å². The topological polar surface area (TPSA) is 68.5 Å². The summed E-state index contributed by atoms with van der Waals surface area (Å²) >= 11 is 0. The third kappa shape index (κ3) is 3.40. The number of furan rings is 1. The summed E-state index contributed by atoms with van der Waals surface area (Å²) < 4.78 is 11.7. The van der Waals surface area contributed by atoms with E-state index in [2.05, 4.69) is 9.97 Å². The van der Waals surface area contributed by atoms with Crippen molar-refractivity contribution in [1.82, 2.24) is 14.9 Å². The van der Waals surface area contributed by atoms with Crippen LogP contribution in [0.1, 0.15) is 34.9 Å². The molecule has 4 rings (SSSR count). The van der Waals surface area contributed by atoms with Crippen LogP contribution in [-0.2, 0) is 0 Å². The number of para-hydroxylation sites is 1. The Labute approximate surface area is 151 Å². The number of aromatic nitrogens is 2. The standard InChI is InChI=1S/C20H21N3O3/c1-13-10-19(22-14(2)21-13)25-16-7-5-9-23(12-16)20(24)18-11-15-6-3-4-8-17(15)26-18/h3-4,6,8,10-11,16H,5,7,9,12H2,1-2H3/t16-/m1/s1. The lowest BCUT2D eigenvalue weighted by atomic mass is 10.1. The molecule has 0 aliphatic carbocycles. The highest BCUT2D eigenvalue weighted by Gasteiger charge is 2.28. The zero-order valence-electron chi connectivity index (χ0n) is 14.9. The van der Waals surface area contributed by atoms with Crippen molar-refractivity contribution in [3.05, 3.63) is 53.7 Å². The number of likely N-dealkylation sites (tertiary alicyclic amines) is 1. The minimum atomic E-state index is -0.0930. The number of nitrogens with zero attached hydrogens (tertiary/aromatic N) is 3. The van der Waals surface area contributed by atoms with E-state index in [-0.39, 0.29) is 12.0 Å². The molecule has 1 aliphatic heterocycles. The largest absolute Gasteiger partial charge is 0.472 e. The van der Waals surface area contributed by atoms with Gasteiger partial charge < -0.3 is 14.1 Å². The van der Waals surface area contributed by atoms with Crippen LogP contribution in [0.25, 0.3) is 11.0 Å². The van der Waals surface area contributed by atoms with Crippen LogP contribution < -0.4 is 4.74 Å². The molecule has 1 aliphatic rings. The van der Waals surface area contributed by atoms with Gasteiger partial charge in [-0.15, -0.1) is 0 Å². The van der Waals surface area contributed by atoms with Crippen molar-refractivity contribution in [2.45, 2.75) is 32.8 Å². The molecule has 0 radical (unpaired) electrons. The van der Waals surface area contributed by atoms with Crippen LogP contribution in [0, 0.1) is 13.8 Å². The molecule has 3 heterocycles. The number of amides is 1. The first-order valence-electron chi connectivity index (χ1n) is 8.85. The number of ether oxygens (including phenoxy) is 1. The predicted molar refractivity (Wildman–Crippen MR) is 97.3 cm³/mol. The van der Waals surface area contributed by atoms with E-state index in [1.54, 1.807) is 11.0 Å². The average Bonchev–Trinajstić information content (AvgIpc) is 3.04. The zero-order valence-corrected chi connectivity index (χ0v) is 14.9. The lowest BCUT2D eigenvalue weighted by molar-refractivity contribution is 0.0501. The number of piperidine rings is 1. The Kier molecular flexibility index (Phi) is 4.32. The van der Waals surface area contributed by atoms with E-state index >= 15 is 0 Å². The molecule has 1 saturated heterocycles. The Morgan fingerprint density at radius 1 is 1.23 bits per heavy atom. The summed E-state index contributed by atoms with van der Waals surface area (Å²) in [6.45, 7) is 4.99. The van der Waals surface area contributed by atoms with Crippen LogP contribution in [0.3, 0.4) is 0 Å². The van der Waals surface area contributed by atoms with Gasteiger partial charge in [0.05, 0.1) is 6.54 Å². The molecule has 6 nitrogen and oxygen atoms in total. The van der Waals surface area contributed by atoms with E-state index in [0.717, 1.165) is 29.5 Å². The molecule has 0 spiro atoms. The first-order chi connectivity index (χ1) is 12.6. The lowest BCUT2D eigenvalue weighted by Gasteiger charge is -2.32. The summed E-state index contributed by atoms with van der Waals surface area (Å²) in [5.41, 5.74) is 1.60. The van der Waals surface area contributed by atoms with Crippen LogP contribution in [-0.4, -0.2) is 40.0 Å². The fourth-order valence-electron chi connectivity index (χ4n) is 3.38. The van der Waals surface area contributed by atoms with Gasteiger partial charge in [-0.3, -0.25) is 4.79 Å². The minimum absolute atomic E-state index is 0.0780. The molecule has 2 aromatic heterocycles. The smallest absolute Gasteiger partial charge is 0.289 e. The first-order valence-corrected chi connectivity index (χ1v) is 8.85. The highest BCUT2D eigenvalue weighted by molar-refractivity contribution is 5.96. The van der Waals surface area contributed by atoms with E-state index in [1.165, 1.54) is 0 Å². The minimum Gasteiger partial charge on any atom is -0.472 e. The molecule has 0 bridgehead atoms. The van der Waals surface area contributed by atoms with Crippen molar-refractivity contribution < 1.29 is 13.9 Å². The van der Waals surface area contributed by atoms with Crippen LogP contribution in [0.15, 0.2) is 40.8 Å². The highest BCUT2D eigenvalue weighted by atomic mass is 16.5. The van der Waals surface area contributed by atoms with Gasteiger partial charge in [0.1, 0.15) is 17.5 Å². The summed E-state index contributed by atoms with van der Waals surface area (Å²) in [5.74, 6) is 1.54.